The van der Waals surface area contributed by atoms with Gasteiger partial charge in [-0.15, -0.1) is 5.73 Å². The van der Waals surface area contributed by atoms with E-state index in [4.69, 9.17) is 0 Å². The first-order valence-electron chi connectivity index (χ1n) is 15.3. The summed E-state index contributed by atoms with van der Waals surface area (Å²) in [6.45, 7) is 4.29. The zero-order valence-corrected chi connectivity index (χ0v) is 24.7. The fraction of sp³-hybridized carbons (Fsp3) is 0.0465. The minimum atomic E-state index is 1.14. The molecule has 0 unspecified atom stereocenters. The van der Waals surface area contributed by atoms with E-state index in [1.54, 1.807) is 0 Å². The average Bonchev–Trinajstić information content (AvgIpc) is 3.55. The molecule has 0 atom stereocenters. The van der Waals surface area contributed by atoms with Crippen molar-refractivity contribution in [3.63, 3.8) is 0 Å². The number of benzene rings is 8. The molecule has 0 heterocycles. The minimum Gasteiger partial charge on any atom is -0.309 e. The van der Waals surface area contributed by atoms with Crippen LogP contribution in [0.25, 0.3) is 66.4 Å². The van der Waals surface area contributed by atoms with E-state index in [1.165, 1.54) is 82.2 Å². The molecule has 9 rings (SSSR count). The van der Waals surface area contributed by atoms with Crippen LogP contribution in [0.4, 0.5) is 17.1 Å². The van der Waals surface area contributed by atoms with Gasteiger partial charge in [-0.05, 0) is 99.1 Å². The lowest BCUT2D eigenvalue weighted by Gasteiger charge is -2.30. The largest absolute Gasteiger partial charge is 0.309 e. The Kier molecular flexibility index (Phi) is 5.35. The zero-order chi connectivity index (χ0) is 29.4. The van der Waals surface area contributed by atoms with E-state index < -0.39 is 0 Å². The highest BCUT2D eigenvalue weighted by atomic mass is 15.1. The van der Waals surface area contributed by atoms with Crippen LogP contribution in [0.1, 0.15) is 22.3 Å². The Balaban J connectivity index is 1.39. The summed E-state index contributed by atoms with van der Waals surface area (Å²) in [6.07, 6.45) is 4.35. The molecule has 0 radical (unpaired) electrons. The van der Waals surface area contributed by atoms with Crippen LogP contribution in [0.2, 0.25) is 0 Å². The van der Waals surface area contributed by atoms with Crippen LogP contribution in [0, 0.1) is 13.8 Å². The van der Waals surface area contributed by atoms with Gasteiger partial charge < -0.3 is 4.90 Å². The Bertz CT molecular complexity index is 2410. The predicted molar refractivity (Wildman–Crippen MR) is 190 cm³/mol. The number of hydrogen-bond donors (Lipinski definition) is 0. The number of rotatable bonds is 4. The van der Waals surface area contributed by atoms with Crippen LogP contribution in [-0.4, -0.2) is 0 Å². The van der Waals surface area contributed by atoms with E-state index in [9.17, 15) is 0 Å². The molecule has 0 amide bonds. The first-order valence-corrected chi connectivity index (χ1v) is 15.3. The van der Waals surface area contributed by atoms with Crippen molar-refractivity contribution in [1.29, 1.82) is 0 Å². The molecule has 0 bridgehead atoms. The van der Waals surface area contributed by atoms with Gasteiger partial charge in [0.15, 0.2) is 0 Å². The number of fused-ring (bicyclic) bond motifs is 2. The monoisotopic (exact) mass is 559 g/mol. The van der Waals surface area contributed by atoms with Crippen molar-refractivity contribution < 1.29 is 0 Å². The molecule has 44 heavy (non-hydrogen) atoms. The minimum absolute atomic E-state index is 1.14. The topological polar surface area (TPSA) is 3.24 Å². The second kappa shape index (κ2) is 9.44. The SMILES string of the molecule is Cc1ccc(N(c2ccc(C)cc2)c2c3c(c(-c4ccc5ccc6cccc7ccc4c5c67)c4ccccc24)C=C=C3)cc1. The van der Waals surface area contributed by atoms with Crippen molar-refractivity contribution in [3.05, 3.63) is 155 Å². The quantitative estimate of drug-likeness (QED) is 0.153. The molecule has 8 aromatic rings. The van der Waals surface area contributed by atoms with Gasteiger partial charge in [-0.2, -0.15) is 0 Å². The van der Waals surface area contributed by atoms with Crippen LogP contribution in [0.3, 0.4) is 0 Å². The first-order chi connectivity index (χ1) is 21.7. The maximum atomic E-state index is 3.51. The summed E-state index contributed by atoms with van der Waals surface area (Å²) in [7, 11) is 0. The van der Waals surface area contributed by atoms with E-state index in [0.29, 0.717) is 0 Å². The van der Waals surface area contributed by atoms with Gasteiger partial charge in [0.1, 0.15) is 0 Å². The van der Waals surface area contributed by atoms with E-state index in [2.05, 4.69) is 164 Å². The van der Waals surface area contributed by atoms with Crippen LogP contribution in [0.15, 0.2) is 133 Å². The third-order valence-corrected chi connectivity index (χ3v) is 9.33. The molecule has 206 valence electrons. The van der Waals surface area contributed by atoms with Crippen LogP contribution in [0.5, 0.6) is 0 Å². The van der Waals surface area contributed by atoms with Gasteiger partial charge in [0.25, 0.3) is 0 Å². The molecule has 1 aliphatic rings. The molecular weight excluding hydrogens is 530 g/mol. The number of anilines is 3. The van der Waals surface area contributed by atoms with E-state index in [-0.39, 0.29) is 0 Å². The van der Waals surface area contributed by atoms with Gasteiger partial charge in [0.2, 0.25) is 0 Å². The molecule has 0 saturated heterocycles. The predicted octanol–water partition coefficient (Wildman–Crippen LogP) is 12.1. The molecular formula is C43H29N. The molecule has 1 heteroatoms. The molecule has 0 saturated carbocycles. The van der Waals surface area contributed by atoms with Crippen molar-refractivity contribution in [2.45, 2.75) is 13.8 Å². The van der Waals surface area contributed by atoms with Gasteiger partial charge >= 0.3 is 0 Å². The second-order valence-electron chi connectivity index (χ2n) is 12.0. The summed E-state index contributed by atoms with van der Waals surface area (Å²) >= 11 is 0. The van der Waals surface area contributed by atoms with Crippen LogP contribution >= 0.6 is 0 Å². The van der Waals surface area contributed by atoms with E-state index >= 15 is 0 Å². The lowest BCUT2D eigenvalue weighted by Crippen LogP contribution is -2.13. The molecule has 1 aliphatic carbocycles. The molecule has 0 spiro atoms. The average molecular weight is 560 g/mol. The molecule has 8 aromatic carbocycles. The summed E-state index contributed by atoms with van der Waals surface area (Å²) in [5.74, 6) is 0. The fourth-order valence-corrected chi connectivity index (χ4v) is 7.24. The number of aryl methyl sites for hydroxylation is 2. The molecule has 1 nitrogen and oxygen atoms in total. The Morgan fingerprint density at radius 2 is 1.02 bits per heavy atom. The zero-order valence-electron chi connectivity index (χ0n) is 24.7. The van der Waals surface area contributed by atoms with E-state index in [1.807, 2.05) is 0 Å². The number of hydrogen-bond acceptors (Lipinski definition) is 1. The molecule has 0 fully saturated rings. The van der Waals surface area contributed by atoms with E-state index in [0.717, 1.165) is 11.4 Å². The van der Waals surface area contributed by atoms with Gasteiger partial charge in [-0.1, -0.05) is 114 Å². The van der Waals surface area contributed by atoms with Gasteiger partial charge in [0.05, 0.1) is 5.69 Å². The molecule has 0 aliphatic heterocycles. The normalized spacial score (nSPS) is 12.2. The maximum absolute atomic E-state index is 3.51. The summed E-state index contributed by atoms with van der Waals surface area (Å²) in [4.78, 5) is 2.42. The third kappa shape index (κ3) is 3.61. The standard InChI is InChI=1S/C43H29N/c1-27-13-21-32(22-14-27)44(33-23-15-28(2)16-24-33)43-38-10-4-3-9-34(38)42(35-11-6-12-39(35)43)37-26-20-31-18-17-29-7-5-8-30-19-25-36(37)41(31)40(29)30/h3-5,7-26H,1-2H3. The van der Waals surface area contributed by atoms with Crippen molar-refractivity contribution in [1.82, 2.24) is 0 Å². The lowest BCUT2D eigenvalue weighted by atomic mass is 9.84. The van der Waals surface area contributed by atoms with Crippen LogP contribution in [-0.2, 0) is 0 Å². The molecule has 0 N–H and O–H groups in total. The van der Waals surface area contributed by atoms with Crippen molar-refractivity contribution in [3.8, 4) is 11.1 Å². The van der Waals surface area contributed by atoms with Gasteiger partial charge in [-0.3, -0.25) is 0 Å². The lowest BCUT2D eigenvalue weighted by molar-refractivity contribution is 1.27. The third-order valence-electron chi connectivity index (χ3n) is 9.33. The molecule has 0 aromatic heterocycles. The summed E-state index contributed by atoms with van der Waals surface area (Å²) in [6, 6.07) is 47.0. The van der Waals surface area contributed by atoms with Crippen molar-refractivity contribution in [2.75, 3.05) is 4.90 Å². The summed E-state index contributed by atoms with van der Waals surface area (Å²) < 4.78 is 0. The van der Waals surface area contributed by atoms with Gasteiger partial charge in [0, 0.05) is 27.9 Å². The highest BCUT2D eigenvalue weighted by molar-refractivity contribution is 6.27. The fourth-order valence-electron chi connectivity index (χ4n) is 7.24. The Morgan fingerprint density at radius 3 is 1.70 bits per heavy atom. The summed E-state index contributed by atoms with van der Waals surface area (Å²) in [5.41, 5.74) is 14.4. The Labute approximate surface area is 257 Å². The van der Waals surface area contributed by atoms with Gasteiger partial charge in [-0.25, -0.2) is 0 Å². The smallest absolute Gasteiger partial charge is 0.0625 e. The van der Waals surface area contributed by atoms with Crippen molar-refractivity contribution in [2.24, 2.45) is 0 Å². The first kappa shape index (κ1) is 24.9. The summed E-state index contributed by atoms with van der Waals surface area (Å²) in [5, 5.41) is 10.3. The second-order valence-corrected chi connectivity index (χ2v) is 12.0. The highest BCUT2D eigenvalue weighted by Crippen LogP contribution is 2.50. The van der Waals surface area contributed by atoms with Crippen molar-refractivity contribution >= 4 is 72.3 Å². The maximum Gasteiger partial charge on any atom is 0.0625 e. The Morgan fingerprint density at radius 1 is 0.455 bits per heavy atom. The highest BCUT2D eigenvalue weighted by Gasteiger charge is 2.26. The number of nitrogens with zero attached hydrogens (tertiary/aromatic N) is 1. The Hall–Kier alpha value is -5.62. The van der Waals surface area contributed by atoms with Crippen LogP contribution < -0.4 is 4.90 Å².